The van der Waals surface area contributed by atoms with Crippen LogP contribution in [-0.4, -0.2) is 28.2 Å². The second-order valence-electron chi connectivity index (χ2n) is 5.37. The Labute approximate surface area is 157 Å². The molecule has 1 N–H and O–H groups in total. The van der Waals surface area contributed by atoms with Crippen molar-refractivity contribution in [3.63, 3.8) is 0 Å². The molecule has 4 aromatic rings. The lowest BCUT2D eigenvalue weighted by Crippen LogP contribution is -2.13. The Hall–Kier alpha value is -2.58. The maximum absolute atomic E-state index is 12.2. The minimum Gasteiger partial charge on any atom is -0.494 e. The van der Waals surface area contributed by atoms with Gasteiger partial charge in [-0.05, 0) is 37.3 Å². The van der Waals surface area contributed by atoms with E-state index < -0.39 is 0 Å². The Morgan fingerprint density at radius 2 is 2.12 bits per heavy atom. The van der Waals surface area contributed by atoms with E-state index in [0.29, 0.717) is 22.5 Å². The number of benzene rings is 2. The zero-order valence-electron chi connectivity index (χ0n) is 13.9. The number of thioether (sulfide) groups is 1. The van der Waals surface area contributed by atoms with E-state index in [4.69, 9.17) is 9.15 Å². The molecule has 0 radical (unpaired) electrons. The van der Waals surface area contributed by atoms with Crippen LogP contribution in [0.4, 0.5) is 5.13 Å². The van der Waals surface area contributed by atoms with Crippen molar-refractivity contribution < 1.29 is 13.9 Å². The van der Waals surface area contributed by atoms with Crippen LogP contribution < -0.4 is 10.1 Å². The molecule has 8 heteroatoms. The Bertz CT molecular complexity index is 1040. The van der Waals surface area contributed by atoms with Gasteiger partial charge in [-0.2, -0.15) is 0 Å². The van der Waals surface area contributed by atoms with Gasteiger partial charge in [-0.15, -0.1) is 0 Å². The molecule has 0 bridgehead atoms. The average Bonchev–Trinajstić information content (AvgIpc) is 3.22. The van der Waals surface area contributed by atoms with Crippen molar-refractivity contribution in [3.8, 4) is 5.75 Å². The summed E-state index contributed by atoms with van der Waals surface area (Å²) >= 11 is 2.68. The van der Waals surface area contributed by atoms with Crippen molar-refractivity contribution in [3.05, 3.63) is 42.5 Å². The standard InChI is InChI=1S/C18H15N3O3S2/c1-2-23-11-7-8-13-15(9-11)26-17(19-13)21-16(22)10-25-18-20-12-5-3-4-6-14(12)24-18/h3-9H,2,10H2,1H3,(H,19,21,22). The molecule has 1 amide bonds. The molecule has 2 heterocycles. The number of nitrogens with one attached hydrogen (secondary N) is 1. The van der Waals surface area contributed by atoms with E-state index >= 15 is 0 Å². The Kier molecular flexibility index (Phi) is 4.77. The molecule has 0 aliphatic rings. The average molecular weight is 385 g/mol. The van der Waals surface area contributed by atoms with E-state index in [9.17, 15) is 4.79 Å². The highest BCUT2D eigenvalue weighted by Gasteiger charge is 2.12. The first-order chi connectivity index (χ1) is 12.7. The summed E-state index contributed by atoms with van der Waals surface area (Å²) in [6.07, 6.45) is 0. The fraction of sp³-hybridized carbons (Fsp3) is 0.167. The summed E-state index contributed by atoms with van der Waals surface area (Å²) in [5, 5.41) is 3.87. The van der Waals surface area contributed by atoms with Crippen LogP contribution in [0.1, 0.15) is 6.92 Å². The molecule has 6 nitrogen and oxygen atoms in total. The minimum atomic E-state index is -0.152. The molecule has 0 atom stereocenters. The molecule has 132 valence electrons. The molecule has 2 aromatic carbocycles. The van der Waals surface area contributed by atoms with E-state index in [1.54, 1.807) is 0 Å². The number of carbonyl (C=O) groups excluding carboxylic acids is 1. The summed E-state index contributed by atoms with van der Waals surface area (Å²) < 4.78 is 12.1. The highest BCUT2D eigenvalue weighted by atomic mass is 32.2. The van der Waals surface area contributed by atoms with E-state index in [0.717, 1.165) is 21.5 Å². The van der Waals surface area contributed by atoms with Crippen molar-refractivity contribution in [1.82, 2.24) is 9.97 Å². The second-order valence-corrected chi connectivity index (χ2v) is 7.32. The van der Waals surface area contributed by atoms with Gasteiger partial charge in [-0.3, -0.25) is 4.79 Å². The number of aromatic nitrogens is 2. The lowest BCUT2D eigenvalue weighted by molar-refractivity contribution is -0.113. The maximum atomic E-state index is 12.2. The highest BCUT2D eigenvalue weighted by molar-refractivity contribution is 7.99. The monoisotopic (exact) mass is 385 g/mol. The fourth-order valence-electron chi connectivity index (χ4n) is 2.41. The molecule has 0 saturated carbocycles. The predicted octanol–water partition coefficient (Wildman–Crippen LogP) is 4.57. The van der Waals surface area contributed by atoms with Crippen LogP contribution in [0.15, 0.2) is 52.1 Å². The lowest BCUT2D eigenvalue weighted by Gasteiger charge is -2.00. The van der Waals surface area contributed by atoms with Crippen LogP contribution in [0.25, 0.3) is 21.3 Å². The first-order valence-electron chi connectivity index (χ1n) is 8.03. The lowest BCUT2D eigenvalue weighted by atomic mass is 10.3. The van der Waals surface area contributed by atoms with Crippen LogP contribution in [-0.2, 0) is 4.79 Å². The van der Waals surface area contributed by atoms with E-state index in [2.05, 4.69) is 15.3 Å². The number of carbonyl (C=O) groups is 1. The number of amides is 1. The van der Waals surface area contributed by atoms with Gasteiger partial charge in [0.05, 0.1) is 22.6 Å². The van der Waals surface area contributed by atoms with Crippen LogP contribution in [0.5, 0.6) is 5.75 Å². The van der Waals surface area contributed by atoms with Gasteiger partial charge < -0.3 is 14.5 Å². The Morgan fingerprint density at radius 1 is 1.23 bits per heavy atom. The zero-order valence-corrected chi connectivity index (χ0v) is 15.5. The van der Waals surface area contributed by atoms with Crippen LogP contribution in [0.3, 0.4) is 0 Å². The summed E-state index contributed by atoms with van der Waals surface area (Å²) in [6.45, 7) is 2.55. The number of rotatable bonds is 6. The van der Waals surface area contributed by atoms with Crippen LogP contribution in [0, 0.1) is 0 Å². The summed E-state index contributed by atoms with van der Waals surface area (Å²) in [6, 6.07) is 13.2. The summed E-state index contributed by atoms with van der Waals surface area (Å²) in [5.74, 6) is 0.849. The van der Waals surface area contributed by atoms with Crippen LogP contribution in [0.2, 0.25) is 0 Å². The molecule has 0 aliphatic carbocycles. The second kappa shape index (κ2) is 7.35. The number of hydrogen-bond donors (Lipinski definition) is 1. The number of ether oxygens (including phenoxy) is 1. The number of para-hydroxylation sites is 2. The summed E-state index contributed by atoms with van der Waals surface area (Å²) in [7, 11) is 0. The Balaban J connectivity index is 1.40. The largest absolute Gasteiger partial charge is 0.494 e. The topological polar surface area (TPSA) is 77.2 Å². The molecular weight excluding hydrogens is 370 g/mol. The van der Waals surface area contributed by atoms with Crippen molar-refractivity contribution in [2.24, 2.45) is 0 Å². The molecule has 0 fully saturated rings. The highest BCUT2D eigenvalue weighted by Crippen LogP contribution is 2.29. The van der Waals surface area contributed by atoms with Crippen molar-refractivity contribution in [1.29, 1.82) is 0 Å². The molecule has 4 rings (SSSR count). The zero-order chi connectivity index (χ0) is 17.9. The van der Waals surface area contributed by atoms with E-state index in [1.807, 2.05) is 49.4 Å². The first kappa shape index (κ1) is 16.9. The van der Waals surface area contributed by atoms with Crippen LogP contribution >= 0.6 is 23.1 Å². The summed E-state index contributed by atoms with van der Waals surface area (Å²) in [4.78, 5) is 21.0. The van der Waals surface area contributed by atoms with Gasteiger partial charge >= 0.3 is 0 Å². The van der Waals surface area contributed by atoms with Gasteiger partial charge in [-0.25, -0.2) is 9.97 Å². The fourth-order valence-corrected chi connectivity index (χ4v) is 3.96. The smallest absolute Gasteiger partial charge is 0.257 e. The Morgan fingerprint density at radius 3 is 2.96 bits per heavy atom. The number of thiazole rings is 1. The molecule has 0 saturated heterocycles. The van der Waals surface area contributed by atoms with Gasteiger partial charge in [-0.1, -0.05) is 35.2 Å². The third-order valence-corrected chi connectivity index (χ3v) is 5.28. The number of oxazole rings is 1. The van der Waals surface area contributed by atoms with E-state index in [-0.39, 0.29) is 11.7 Å². The number of nitrogens with zero attached hydrogens (tertiary/aromatic N) is 2. The van der Waals surface area contributed by atoms with Crippen molar-refractivity contribution in [2.45, 2.75) is 12.1 Å². The molecule has 0 spiro atoms. The predicted molar refractivity (Wildman–Crippen MR) is 104 cm³/mol. The first-order valence-corrected chi connectivity index (χ1v) is 9.83. The number of hydrogen-bond acceptors (Lipinski definition) is 7. The third kappa shape index (κ3) is 3.66. The van der Waals surface area contributed by atoms with Crippen molar-refractivity contribution >= 4 is 55.5 Å². The normalized spacial score (nSPS) is 11.1. The van der Waals surface area contributed by atoms with E-state index in [1.165, 1.54) is 23.1 Å². The maximum Gasteiger partial charge on any atom is 0.257 e. The minimum absolute atomic E-state index is 0.152. The van der Waals surface area contributed by atoms with Crippen molar-refractivity contribution in [2.75, 3.05) is 17.7 Å². The van der Waals surface area contributed by atoms with Gasteiger partial charge in [0, 0.05) is 0 Å². The molecule has 0 unspecified atom stereocenters. The SMILES string of the molecule is CCOc1ccc2nc(NC(=O)CSc3nc4ccccc4o3)sc2c1. The third-order valence-electron chi connectivity index (χ3n) is 3.52. The quantitative estimate of drug-likeness (QED) is 0.490. The van der Waals surface area contributed by atoms with Gasteiger partial charge in [0.1, 0.15) is 11.3 Å². The molecule has 0 aliphatic heterocycles. The molecule has 2 aromatic heterocycles. The number of fused-ring (bicyclic) bond motifs is 2. The molecular formula is C18H15N3O3S2. The van der Waals surface area contributed by atoms with Gasteiger partial charge in [0.25, 0.3) is 5.22 Å². The molecule has 26 heavy (non-hydrogen) atoms. The van der Waals surface area contributed by atoms with Gasteiger partial charge in [0.2, 0.25) is 5.91 Å². The number of anilines is 1. The summed E-state index contributed by atoms with van der Waals surface area (Å²) in [5.41, 5.74) is 2.33. The van der Waals surface area contributed by atoms with Gasteiger partial charge in [0.15, 0.2) is 10.7 Å².